The fourth-order valence-electron chi connectivity index (χ4n) is 1.92. The first-order valence-electron chi connectivity index (χ1n) is 5.64. The topological polar surface area (TPSA) is 40.5 Å². The van der Waals surface area contributed by atoms with Gasteiger partial charge >= 0.3 is 0 Å². The maximum atomic E-state index is 9.94. The summed E-state index contributed by atoms with van der Waals surface area (Å²) in [6, 6.07) is 11.2. The highest BCUT2D eigenvalue weighted by atomic mass is 16.3. The summed E-state index contributed by atoms with van der Waals surface area (Å²) < 4.78 is 0. The summed E-state index contributed by atoms with van der Waals surface area (Å²) in [5, 5.41) is 19.7. The number of aromatic hydroxyl groups is 2. The van der Waals surface area contributed by atoms with Crippen LogP contribution in [0.3, 0.4) is 0 Å². The van der Waals surface area contributed by atoms with Gasteiger partial charge in [-0.25, -0.2) is 0 Å². The summed E-state index contributed by atoms with van der Waals surface area (Å²) in [6.45, 7) is 3.86. The Kier molecular flexibility index (Phi) is 3.05. The van der Waals surface area contributed by atoms with Crippen LogP contribution in [0.25, 0.3) is 0 Å². The maximum absolute atomic E-state index is 9.94. The summed E-state index contributed by atoms with van der Waals surface area (Å²) >= 11 is 0. The van der Waals surface area contributed by atoms with E-state index in [4.69, 9.17) is 0 Å². The second-order valence-corrected chi connectivity index (χ2v) is 4.39. The van der Waals surface area contributed by atoms with Gasteiger partial charge in [0.1, 0.15) is 11.5 Å². The molecule has 0 saturated heterocycles. The minimum Gasteiger partial charge on any atom is -0.508 e. The predicted molar refractivity (Wildman–Crippen MR) is 68.5 cm³/mol. The number of phenolic OH excluding ortho intramolecular Hbond substituents is 2. The molecule has 2 rings (SSSR count). The van der Waals surface area contributed by atoms with Crippen LogP contribution in [0.2, 0.25) is 0 Å². The molecule has 0 atom stereocenters. The fourth-order valence-corrected chi connectivity index (χ4v) is 1.92. The molecule has 2 N–H and O–H groups in total. The maximum Gasteiger partial charge on any atom is 0.122 e. The molecule has 0 spiro atoms. The molecule has 0 unspecified atom stereocenters. The number of para-hydroxylation sites is 1. The van der Waals surface area contributed by atoms with Gasteiger partial charge in [-0.1, -0.05) is 35.9 Å². The van der Waals surface area contributed by atoms with Gasteiger partial charge in [-0.2, -0.15) is 0 Å². The van der Waals surface area contributed by atoms with Crippen molar-refractivity contribution in [2.24, 2.45) is 0 Å². The highest BCUT2D eigenvalue weighted by Gasteiger charge is 2.07. The third kappa shape index (κ3) is 2.41. The number of rotatable bonds is 2. The summed E-state index contributed by atoms with van der Waals surface area (Å²) in [5.41, 5.74) is 3.64. The van der Waals surface area contributed by atoms with Crippen LogP contribution in [0, 0.1) is 13.8 Å². The molecule has 2 heteroatoms. The van der Waals surface area contributed by atoms with E-state index in [1.165, 1.54) is 0 Å². The lowest BCUT2D eigenvalue weighted by atomic mass is 10.00. The van der Waals surface area contributed by atoms with Crippen LogP contribution in [-0.2, 0) is 6.42 Å². The zero-order valence-corrected chi connectivity index (χ0v) is 10.1. The Bertz CT molecular complexity index is 545. The average Bonchev–Trinajstić information content (AvgIpc) is 2.30. The lowest BCUT2D eigenvalue weighted by Gasteiger charge is -2.09. The number of hydrogen-bond acceptors (Lipinski definition) is 2. The number of aryl methyl sites for hydroxylation is 2. The van der Waals surface area contributed by atoms with Gasteiger partial charge in [-0.15, -0.1) is 0 Å². The van der Waals surface area contributed by atoms with Gasteiger partial charge in [-0.3, -0.25) is 0 Å². The smallest absolute Gasteiger partial charge is 0.122 e. The van der Waals surface area contributed by atoms with Crippen molar-refractivity contribution >= 4 is 0 Å². The van der Waals surface area contributed by atoms with Gasteiger partial charge in [0, 0.05) is 6.42 Å². The van der Waals surface area contributed by atoms with Gasteiger partial charge in [0.05, 0.1) is 0 Å². The lowest BCUT2D eigenvalue weighted by Crippen LogP contribution is -1.92. The molecule has 2 nitrogen and oxygen atoms in total. The van der Waals surface area contributed by atoms with Crippen molar-refractivity contribution in [2.45, 2.75) is 20.3 Å². The SMILES string of the molecule is Cc1ccc(O)c(Cc2cccc(C)c2O)c1. The first-order chi connectivity index (χ1) is 8.08. The van der Waals surface area contributed by atoms with Crippen LogP contribution in [0.15, 0.2) is 36.4 Å². The summed E-state index contributed by atoms with van der Waals surface area (Å²) in [6.07, 6.45) is 0.543. The van der Waals surface area contributed by atoms with Gasteiger partial charge in [-0.05, 0) is 36.6 Å². The quantitative estimate of drug-likeness (QED) is 0.828. The zero-order chi connectivity index (χ0) is 12.4. The molecular weight excluding hydrogens is 212 g/mol. The molecule has 0 radical (unpaired) electrons. The highest BCUT2D eigenvalue weighted by molar-refractivity contribution is 5.45. The summed E-state index contributed by atoms with van der Waals surface area (Å²) in [7, 11) is 0. The second-order valence-electron chi connectivity index (χ2n) is 4.39. The van der Waals surface area contributed by atoms with E-state index in [0.29, 0.717) is 12.2 Å². The Balaban J connectivity index is 2.38. The van der Waals surface area contributed by atoms with E-state index in [1.54, 1.807) is 6.07 Å². The zero-order valence-electron chi connectivity index (χ0n) is 10.1. The van der Waals surface area contributed by atoms with E-state index in [9.17, 15) is 10.2 Å². The molecule has 0 saturated carbocycles. The summed E-state index contributed by atoms with van der Waals surface area (Å²) in [5.74, 6) is 0.588. The Hall–Kier alpha value is -1.96. The van der Waals surface area contributed by atoms with E-state index in [0.717, 1.165) is 22.3 Å². The average molecular weight is 228 g/mol. The van der Waals surface area contributed by atoms with E-state index >= 15 is 0 Å². The number of benzene rings is 2. The molecule has 0 bridgehead atoms. The van der Waals surface area contributed by atoms with E-state index in [1.807, 2.05) is 44.2 Å². The largest absolute Gasteiger partial charge is 0.508 e. The molecule has 0 aromatic heterocycles. The van der Waals surface area contributed by atoms with Crippen molar-refractivity contribution < 1.29 is 10.2 Å². The van der Waals surface area contributed by atoms with E-state index < -0.39 is 0 Å². The van der Waals surface area contributed by atoms with Crippen LogP contribution in [0.4, 0.5) is 0 Å². The number of phenols is 2. The standard InChI is InChI=1S/C15H16O2/c1-10-6-7-14(16)13(8-10)9-12-5-3-4-11(2)15(12)17/h3-8,16-17H,9H2,1-2H3. The molecule has 0 aliphatic rings. The van der Waals surface area contributed by atoms with Crippen LogP contribution < -0.4 is 0 Å². The molecule has 2 aromatic rings. The minimum atomic E-state index is 0.275. The monoisotopic (exact) mass is 228 g/mol. The third-order valence-corrected chi connectivity index (χ3v) is 2.94. The first kappa shape index (κ1) is 11.5. The second kappa shape index (κ2) is 4.50. The molecule has 0 heterocycles. The molecule has 17 heavy (non-hydrogen) atoms. The van der Waals surface area contributed by atoms with Crippen molar-refractivity contribution in [3.05, 3.63) is 58.7 Å². The van der Waals surface area contributed by atoms with Crippen molar-refractivity contribution in [2.75, 3.05) is 0 Å². The Morgan fingerprint density at radius 1 is 0.941 bits per heavy atom. The van der Waals surface area contributed by atoms with Gasteiger partial charge < -0.3 is 10.2 Å². The Morgan fingerprint density at radius 3 is 2.47 bits per heavy atom. The highest BCUT2D eigenvalue weighted by Crippen LogP contribution is 2.27. The van der Waals surface area contributed by atoms with Crippen molar-refractivity contribution in [1.82, 2.24) is 0 Å². The van der Waals surface area contributed by atoms with Gasteiger partial charge in [0.2, 0.25) is 0 Å². The number of hydrogen-bond donors (Lipinski definition) is 2. The normalized spacial score (nSPS) is 10.5. The van der Waals surface area contributed by atoms with Crippen LogP contribution in [0.5, 0.6) is 11.5 Å². The Labute approximate surface area is 101 Å². The molecule has 0 fully saturated rings. The molecule has 0 aliphatic heterocycles. The van der Waals surface area contributed by atoms with Crippen LogP contribution in [0.1, 0.15) is 22.3 Å². The Morgan fingerprint density at radius 2 is 1.71 bits per heavy atom. The molecule has 88 valence electrons. The fraction of sp³-hybridized carbons (Fsp3) is 0.200. The third-order valence-electron chi connectivity index (χ3n) is 2.94. The van der Waals surface area contributed by atoms with Crippen molar-refractivity contribution in [1.29, 1.82) is 0 Å². The first-order valence-corrected chi connectivity index (χ1v) is 5.64. The molecule has 0 aliphatic carbocycles. The van der Waals surface area contributed by atoms with Gasteiger partial charge in [0.15, 0.2) is 0 Å². The van der Waals surface area contributed by atoms with Crippen molar-refractivity contribution in [3.63, 3.8) is 0 Å². The van der Waals surface area contributed by atoms with E-state index in [-0.39, 0.29) is 5.75 Å². The van der Waals surface area contributed by atoms with E-state index in [2.05, 4.69) is 0 Å². The molecule has 0 amide bonds. The predicted octanol–water partition coefficient (Wildman–Crippen LogP) is 3.31. The van der Waals surface area contributed by atoms with Gasteiger partial charge in [0.25, 0.3) is 0 Å². The minimum absolute atomic E-state index is 0.275. The van der Waals surface area contributed by atoms with Crippen molar-refractivity contribution in [3.8, 4) is 11.5 Å². The van der Waals surface area contributed by atoms with Crippen LogP contribution in [-0.4, -0.2) is 10.2 Å². The molecule has 2 aromatic carbocycles. The van der Waals surface area contributed by atoms with Crippen LogP contribution >= 0.6 is 0 Å². The summed E-state index contributed by atoms with van der Waals surface area (Å²) in [4.78, 5) is 0. The molecular formula is C15H16O2. The lowest BCUT2D eigenvalue weighted by molar-refractivity contribution is 0.460.